The van der Waals surface area contributed by atoms with E-state index in [1.54, 1.807) is 11.3 Å². The molecule has 4 heteroatoms. The van der Waals surface area contributed by atoms with Gasteiger partial charge < -0.3 is 11.1 Å². The summed E-state index contributed by atoms with van der Waals surface area (Å²) in [5.74, 6) is 0. The molecule has 0 bridgehead atoms. The monoisotopic (exact) mass is 274 g/mol. The molecule has 2 rings (SSSR count). The smallest absolute Gasteiger partial charge is 0.0701 e. The van der Waals surface area contributed by atoms with Crippen LogP contribution in [0, 0.1) is 0 Å². The van der Waals surface area contributed by atoms with Gasteiger partial charge in [0.05, 0.1) is 9.83 Å². The van der Waals surface area contributed by atoms with Crippen LogP contribution in [0.25, 0.3) is 0 Å². The zero-order valence-corrected chi connectivity index (χ0v) is 10.4. The highest BCUT2D eigenvalue weighted by Crippen LogP contribution is 2.26. The summed E-state index contributed by atoms with van der Waals surface area (Å²) in [6.07, 6.45) is 4.01. The molecule has 1 aromatic heterocycles. The van der Waals surface area contributed by atoms with E-state index in [-0.39, 0.29) is 6.04 Å². The number of nitrogens with two attached hydrogens (primary N) is 1. The Balaban J connectivity index is 1.79. The average molecular weight is 275 g/mol. The van der Waals surface area contributed by atoms with E-state index < -0.39 is 0 Å². The molecule has 1 aliphatic rings. The Labute approximate surface area is 97.0 Å². The highest BCUT2D eigenvalue weighted by molar-refractivity contribution is 9.11. The summed E-state index contributed by atoms with van der Waals surface area (Å²) in [6, 6.07) is 5.03. The molecular formula is C10H15BrN2S. The molecule has 0 aromatic carbocycles. The Bertz CT molecular complexity index is 296. The molecule has 1 aliphatic carbocycles. The predicted molar refractivity (Wildman–Crippen MR) is 64.6 cm³/mol. The molecular weight excluding hydrogens is 260 g/mol. The maximum Gasteiger partial charge on any atom is 0.0701 e. The second kappa shape index (κ2) is 4.75. The highest BCUT2D eigenvalue weighted by Gasteiger charge is 2.18. The van der Waals surface area contributed by atoms with Gasteiger partial charge in [-0.25, -0.2) is 0 Å². The molecule has 0 saturated heterocycles. The molecule has 2 nitrogen and oxygen atoms in total. The van der Waals surface area contributed by atoms with Crippen LogP contribution < -0.4 is 11.1 Å². The van der Waals surface area contributed by atoms with E-state index >= 15 is 0 Å². The van der Waals surface area contributed by atoms with Crippen LogP contribution in [0.15, 0.2) is 15.9 Å². The average Bonchev–Trinajstić information content (AvgIpc) is 2.49. The minimum absolute atomic E-state index is 0.145. The van der Waals surface area contributed by atoms with Gasteiger partial charge in [-0.15, -0.1) is 11.3 Å². The van der Waals surface area contributed by atoms with E-state index in [2.05, 4.69) is 33.4 Å². The van der Waals surface area contributed by atoms with Crippen molar-refractivity contribution in [2.45, 2.75) is 31.3 Å². The van der Waals surface area contributed by atoms with Crippen molar-refractivity contribution < 1.29 is 0 Å². The molecule has 1 unspecified atom stereocenters. The zero-order valence-electron chi connectivity index (χ0n) is 8.00. The van der Waals surface area contributed by atoms with E-state index in [9.17, 15) is 0 Å². The number of halogens is 1. The molecule has 1 fully saturated rings. The van der Waals surface area contributed by atoms with Crippen LogP contribution in [-0.4, -0.2) is 12.6 Å². The number of nitrogens with one attached hydrogen (secondary N) is 1. The van der Waals surface area contributed by atoms with Crippen LogP contribution in [0.2, 0.25) is 0 Å². The number of rotatable bonds is 4. The first-order valence-corrected chi connectivity index (χ1v) is 6.61. The minimum Gasteiger partial charge on any atom is -0.322 e. The highest BCUT2D eigenvalue weighted by atomic mass is 79.9. The minimum atomic E-state index is 0.145. The summed E-state index contributed by atoms with van der Waals surface area (Å²) in [7, 11) is 0. The summed E-state index contributed by atoms with van der Waals surface area (Å²) < 4.78 is 1.16. The Kier molecular flexibility index (Phi) is 3.60. The lowest BCUT2D eigenvalue weighted by atomic mass is 9.93. The summed E-state index contributed by atoms with van der Waals surface area (Å²) >= 11 is 5.17. The lowest BCUT2D eigenvalue weighted by Gasteiger charge is -2.27. The number of thiophene rings is 1. The Hall–Kier alpha value is 0.1000. The lowest BCUT2D eigenvalue weighted by molar-refractivity contribution is 0.333. The Morgan fingerprint density at radius 1 is 1.57 bits per heavy atom. The van der Waals surface area contributed by atoms with Gasteiger partial charge in [0, 0.05) is 17.5 Å². The molecule has 0 amide bonds. The van der Waals surface area contributed by atoms with Crippen LogP contribution in [-0.2, 0) is 0 Å². The summed E-state index contributed by atoms with van der Waals surface area (Å²) in [4.78, 5) is 1.25. The molecule has 78 valence electrons. The van der Waals surface area contributed by atoms with E-state index in [1.165, 1.54) is 24.1 Å². The van der Waals surface area contributed by atoms with Gasteiger partial charge in [-0.1, -0.05) is 6.42 Å². The van der Waals surface area contributed by atoms with Crippen molar-refractivity contribution in [2.24, 2.45) is 5.73 Å². The molecule has 1 heterocycles. The van der Waals surface area contributed by atoms with Crippen LogP contribution in [0.4, 0.5) is 0 Å². The maximum absolute atomic E-state index is 6.06. The molecule has 14 heavy (non-hydrogen) atoms. The first kappa shape index (κ1) is 10.6. The standard InChI is InChI=1S/C10H15BrN2S/c11-10-5-4-9(14-10)8(12)6-13-7-2-1-3-7/h4-5,7-8,13H,1-3,6,12H2. The number of hydrogen-bond donors (Lipinski definition) is 2. The molecule has 1 saturated carbocycles. The molecule has 3 N–H and O–H groups in total. The van der Waals surface area contributed by atoms with Crippen molar-refractivity contribution in [3.05, 3.63) is 20.8 Å². The fraction of sp³-hybridized carbons (Fsp3) is 0.600. The normalized spacial score (nSPS) is 19.3. The van der Waals surface area contributed by atoms with Crippen LogP contribution in [0.1, 0.15) is 30.2 Å². The fourth-order valence-electron chi connectivity index (χ4n) is 1.53. The van der Waals surface area contributed by atoms with Crippen molar-refractivity contribution in [1.82, 2.24) is 5.32 Å². The van der Waals surface area contributed by atoms with Gasteiger partial charge in [-0.3, -0.25) is 0 Å². The fourth-order valence-corrected chi connectivity index (χ4v) is 2.96. The largest absolute Gasteiger partial charge is 0.322 e. The predicted octanol–water partition coefficient (Wildman–Crippen LogP) is 2.65. The van der Waals surface area contributed by atoms with E-state index in [0.29, 0.717) is 0 Å². The molecule has 0 aliphatic heterocycles. The lowest BCUT2D eigenvalue weighted by Crippen LogP contribution is -2.39. The molecule has 0 radical (unpaired) electrons. The molecule has 0 spiro atoms. The van der Waals surface area contributed by atoms with Crippen molar-refractivity contribution in [3.63, 3.8) is 0 Å². The van der Waals surface area contributed by atoms with E-state index in [4.69, 9.17) is 5.73 Å². The number of hydrogen-bond acceptors (Lipinski definition) is 3. The van der Waals surface area contributed by atoms with Crippen molar-refractivity contribution >= 4 is 27.3 Å². The van der Waals surface area contributed by atoms with Crippen molar-refractivity contribution in [2.75, 3.05) is 6.54 Å². The van der Waals surface area contributed by atoms with Crippen molar-refractivity contribution in [1.29, 1.82) is 0 Å². The third-order valence-electron chi connectivity index (χ3n) is 2.69. The third-order valence-corrected chi connectivity index (χ3v) is 4.45. The van der Waals surface area contributed by atoms with Gasteiger partial charge >= 0.3 is 0 Å². The van der Waals surface area contributed by atoms with E-state index in [1.807, 2.05) is 0 Å². The molecule has 1 atom stereocenters. The van der Waals surface area contributed by atoms with Crippen LogP contribution in [0.5, 0.6) is 0 Å². The van der Waals surface area contributed by atoms with Gasteiger partial charge in [-0.2, -0.15) is 0 Å². The third kappa shape index (κ3) is 2.57. The van der Waals surface area contributed by atoms with Gasteiger partial charge in [0.1, 0.15) is 0 Å². The molecule has 1 aromatic rings. The summed E-state index contributed by atoms with van der Waals surface area (Å²) in [6.45, 7) is 0.900. The second-order valence-corrected chi connectivity index (χ2v) is 6.28. The van der Waals surface area contributed by atoms with Gasteiger partial charge in [0.15, 0.2) is 0 Å². The second-order valence-electron chi connectivity index (χ2n) is 3.78. The zero-order chi connectivity index (χ0) is 9.97. The summed E-state index contributed by atoms with van der Waals surface area (Å²) in [5, 5.41) is 3.49. The van der Waals surface area contributed by atoms with Crippen molar-refractivity contribution in [3.8, 4) is 0 Å². The summed E-state index contributed by atoms with van der Waals surface area (Å²) in [5.41, 5.74) is 6.06. The maximum atomic E-state index is 6.06. The Morgan fingerprint density at radius 2 is 2.36 bits per heavy atom. The first-order valence-electron chi connectivity index (χ1n) is 5.00. The van der Waals surface area contributed by atoms with Crippen LogP contribution >= 0.6 is 27.3 Å². The van der Waals surface area contributed by atoms with Crippen LogP contribution in [0.3, 0.4) is 0 Å². The quantitative estimate of drug-likeness (QED) is 0.886. The first-order chi connectivity index (χ1) is 6.75. The van der Waals surface area contributed by atoms with Gasteiger partial charge in [0.2, 0.25) is 0 Å². The topological polar surface area (TPSA) is 38.0 Å². The van der Waals surface area contributed by atoms with Gasteiger partial charge in [0.25, 0.3) is 0 Å². The van der Waals surface area contributed by atoms with E-state index in [0.717, 1.165) is 16.4 Å². The Morgan fingerprint density at radius 3 is 2.86 bits per heavy atom. The van der Waals surface area contributed by atoms with Gasteiger partial charge in [-0.05, 0) is 40.9 Å². The SMILES string of the molecule is NC(CNC1CCC1)c1ccc(Br)s1.